The highest BCUT2D eigenvalue weighted by atomic mass is 32.2. The van der Waals surface area contributed by atoms with Gasteiger partial charge in [-0.2, -0.15) is 0 Å². The fourth-order valence-electron chi connectivity index (χ4n) is 2.91. The monoisotopic (exact) mass is 431 g/mol. The Bertz CT molecular complexity index is 974. The number of hydrogen-bond acceptors (Lipinski definition) is 7. The first-order chi connectivity index (χ1) is 14.0. The molecule has 0 atom stereocenters. The first-order valence-electron chi connectivity index (χ1n) is 8.80. The van der Waals surface area contributed by atoms with E-state index in [1.165, 1.54) is 24.9 Å². The largest absolute Gasteiger partial charge is 0.504 e. The van der Waals surface area contributed by atoms with Crippen LogP contribution in [0.2, 0.25) is 0 Å². The lowest BCUT2D eigenvalue weighted by molar-refractivity contribution is -0.122. The van der Waals surface area contributed by atoms with E-state index in [-0.39, 0.29) is 11.7 Å². The summed E-state index contributed by atoms with van der Waals surface area (Å²) in [7, 11) is 4.66. The molecule has 0 unspecified atom stereocenters. The van der Waals surface area contributed by atoms with Crippen molar-refractivity contribution in [3.8, 4) is 23.0 Å². The third-order valence-electron chi connectivity index (χ3n) is 4.45. The van der Waals surface area contributed by atoms with Gasteiger partial charge in [0.05, 0.1) is 26.2 Å². The maximum absolute atomic E-state index is 12.8. The van der Waals surface area contributed by atoms with E-state index in [1.54, 1.807) is 37.3 Å². The van der Waals surface area contributed by atoms with E-state index in [0.29, 0.717) is 39.4 Å². The SMILES string of the molecule is COc1cc(C=C2SC(=S)N(CCc3ccc(OC)c(OC)c3)C2=O)ccc1O. The molecule has 1 N–H and O–H groups in total. The van der Waals surface area contributed by atoms with Crippen molar-refractivity contribution >= 4 is 40.3 Å². The van der Waals surface area contributed by atoms with Crippen LogP contribution in [-0.2, 0) is 11.2 Å². The number of methoxy groups -OCH3 is 3. The van der Waals surface area contributed by atoms with E-state index in [2.05, 4.69) is 0 Å². The zero-order valence-electron chi connectivity index (χ0n) is 16.3. The average molecular weight is 432 g/mol. The molecule has 1 heterocycles. The van der Waals surface area contributed by atoms with Gasteiger partial charge in [0.2, 0.25) is 0 Å². The van der Waals surface area contributed by atoms with Crippen molar-refractivity contribution in [2.24, 2.45) is 0 Å². The number of amides is 1. The predicted octanol–water partition coefficient (Wildman–Crippen LogP) is 3.86. The molecular weight excluding hydrogens is 410 g/mol. The number of rotatable bonds is 7. The van der Waals surface area contributed by atoms with Crippen LogP contribution in [0.3, 0.4) is 0 Å². The van der Waals surface area contributed by atoms with E-state index in [0.717, 1.165) is 11.1 Å². The van der Waals surface area contributed by atoms with Crippen LogP contribution in [0.5, 0.6) is 23.0 Å². The number of carbonyl (C=O) groups is 1. The quantitative estimate of drug-likeness (QED) is 0.527. The lowest BCUT2D eigenvalue weighted by atomic mass is 10.1. The summed E-state index contributed by atoms with van der Waals surface area (Å²) in [6.07, 6.45) is 2.38. The smallest absolute Gasteiger partial charge is 0.266 e. The molecular formula is C21H21NO5S2. The van der Waals surface area contributed by atoms with Crippen LogP contribution in [0.15, 0.2) is 41.3 Å². The van der Waals surface area contributed by atoms with E-state index in [9.17, 15) is 9.90 Å². The Kier molecular flexibility index (Phi) is 6.66. The Balaban J connectivity index is 1.72. The number of benzene rings is 2. The fourth-order valence-corrected chi connectivity index (χ4v) is 4.21. The summed E-state index contributed by atoms with van der Waals surface area (Å²) in [5.41, 5.74) is 1.77. The van der Waals surface area contributed by atoms with Crippen molar-refractivity contribution in [3.05, 3.63) is 52.4 Å². The van der Waals surface area contributed by atoms with Crippen molar-refractivity contribution in [1.82, 2.24) is 4.90 Å². The molecule has 1 amide bonds. The van der Waals surface area contributed by atoms with Gasteiger partial charge in [-0.15, -0.1) is 0 Å². The van der Waals surface area contributed by atoms with Crippen molar-refractivity contribution in [2.45, 2.75) is 6.42 Å². The predicted molar refractivity (Wildman–Crippen MR) is 118 cm³/mol. The fraction of sp³-hybridized carbons (Fsp3) is 0.238. The summed E-state index contributed by atoms with van der Waals surface area (Å²) in [6, 6.07) is 10.6. The molecule has 0 aliphatic carbocycles. The van der Waals surface area contributed by atoms with Crippen LogP contribution >= 0.6 is 24.0 Å². The van der Waals surface area contributed by atoms with Crippen molar-refractivity contribution in [2.75, 3.05) is 27.9 Å². The van der Waals surface area contributed by atoms with E-state index < -0.39 is 0 Å². The number of carbonyl (C=O) groups excluding carboxylic acids is 1. The Morgan fingerprint density at radius 3 is 2.45 bits per heavy atom. The first-order valence-corrected chi connectivity index (χ1v) is 10.0. The van der Waals surface area contributed by atoms with Crippen LogP contribution < -0.4 is 14.2 Å². The van der Waals surface area contributed by atoms with Crippen molar-refractivity contribution in [3.63, 3.8) is 0 Å². The van der Waals surface area contributed by atoms with Gasteiger partial charge in [0, 0.05) is 6.54 Å². The van der Waals surface area contributed by atoms with Gasteiger partial charge in [-0.05, 0) is 47.9 Å². The zero-order valence-corrected chi connectivity index (χ0v) is 17.9. The molecule has 8 heteroatoms. The lowest BCUT2D eigenvalue weighted by Crippen LogP contribution is -2.30. The minimum atomic E-state index is -0.132. The Labute approximate surface area is 179 Å². The van der Waals surface area contributed by atoms with Gasteiger partial charge in [0.1, 0.15) is 4.32 Å². The molecule has 1 saturated heterocycles. The van der Waals surface area contributed by atoms with Gasteiger partial charge in [0.25, 0.3) is 5.91 Å². The summed E-state index contributed by atoms with van der Waals surface area (Å²) in [6.45, 7) is 0.469. The number of thiocarbonyl (C=S) groups is 1. The standard InChI is InChI=1S/C21H21NO5S2/c1-25-16-7-5-13(10-18(16)27-3)8-9-22-20(24)19(29-21(22)28)12-14-4-6-15(23)17(11-14)26-2/h4-7,10-12,23H,8-9H2,1-3H3. The average Bonchev–Trinajstić information content (AvgIpc) is 3.00. The van der Waals surface area contributed by atoms with Gasteiger partial charge >= 0.3 is 0 Å². The van der Waals surface area contributed by atoms with Gasteiger partial charge in [0.15, 0.2) is 23.0 Å². The molecule has 6 nitrogen and oxygen atoms in total. The van der Waals surface area contributed by atoms with Crippen molar-refractivity contribution < 1.29 is 24.1 Å². The molecule has 3 rings (SSSR count). The van der Waals surface area contributed by atoms with Crippen molar-refractivity contribution in [1.29, 1.82) is 0 Å². The van der Waals surface area contributed by atoms with Crippen LogP contribution in [0.1, 0.15) is 11.1 Å². The summed E-state index contributed by atoms with van der Waals surface area (Å²) in [5.74, 6) is 1.58. The molecule has 152 valence electrons. The highest BCUT2D eigenvalue weighted by Gasteiger charge is 2.31. The number of ether oxygens (including phenoxy) is 3. The molecule has 1 aliphatic rings. The zero-order chi connectivity index (χ0) is 21.0. The molecule has 1 fully saturated rings. The minimum Gasteiger partial charge on any atom is -0.504 e. The molecule has 0 spiro atoms. The number of thioether (sulfide) groups is 1. The molecule has 2 aromatic carbocycles. The van der Waals surface area contributed by atoms with E-state index in [1.807, 2.05) is 18.2 Å². The Hall–Kier alpha value is -2.71. The number of nitrogens with zero attached hydrogens (tertiary/aromatic N) is 1. The molecule has 0 saturated carbocycles. The maximum Gasteiger partial charge on any atom is 0.266 e. The molecule has 0 aromatic heterocycles. The second-order valence-electron chi connectivity index (χ2n) is 6.20. The minimum absolute atomic E-state index is 0.0483. The highest BCUT2D eigenvalue weighted by molar-refractivity contribution is 8.26. The maximum atomic E-state index is 12.8. The second-order valence-corrected chi connectivity index (χ2v) is 7.88. The lowest BCUT2D eigenvalue weighted by Gasteiger charge is -2.15. The topological polar surface area (TPSA) is 68.2 Å². The molecule has 29 heavy (non-hydrogen) atoms. The summed E-state index contributed by atoms with van der Waals surface area (Å²) >= 11 is 6.67. The van der Waals surface area contributed by atoms with Gasteiger partial charge in [-0.1, -0.05) is 36.1 Å². The van der Waals surface area contributed by atoms with Crippen LogP contribution in [0, 0.1) is 0 Å². The van der Waals surface area contributed by atoms with Gasteiger partial charge < -0.3 is 19.3 Å². The summed E-state index contributed by atoms with van der Waals surface area (Å²) in [4.78, 5) is 14.9. The number of phenolic OH excluding ortho intramolecular Hbond substituents is 1. The Morgan fingerprint density at radius 2 is 1.76 bits per heavy atom. The van der Waals surface area contributed by atoms with Crippen LogP contribution in [0.4, 0.5) is 0 Å². The first kappa shape index (κ1) is 21.0. The van der Waals surface area contributed by atoms with Gasteiger partial charge in [-0.25, -0.2) is 0 Å². The normalized spacial score (nSPS) is 15.1. The number of hydrogen-bond donors (Lipinski definition) is 1. The molecule has 0 bridgehead atoms. The molecule has 2 aromatic rings. The third kappa shape index (κ3) is 4.65. The molecule has 0 radical (unpaired) electrons. The number of aromatic hydroxyl groups is 1. The van der Waals surface area contributed by atoms with Gasteiger partial charge in [-0.3, -0.25) is 9.69 Å². The summed E-state index contributed by atoms with van der Waals surface area (Å²) in [5, 5.41) is 9.72. The van der Waals surface area contributed by atoms with E-state index >= 15 is 0 Å². The van der Waals surface area contributed by atoms with Crippen LogP contribution in [0.25, 0.3) is 6.08 Å². The van der Waals surface area contributed by atoms with E-state index in [4.69, 9.17) is 26.4 Å². The molecule has 1 aliphatic heterocycles. The number of phenols is 1. The Morgan fingerprint density at radius 1 is 1.03 bits per heavy atom. The second kappa shape index (κ2) is 9.19. The van der Waals surface area contributed by atoms with Crippen LogP contribution in [-0.4, -0.2) is 48.1 Å². The third-order valence-corrected chi connectivity index (χ3v) is 5.82. The summed E-state index contributed by atoms with van der Waals surface area (Å²) < 4.78 is 16.2. The highest BCUT2D eigenvalue weighted by Crippen LogP contribution is 2.35.